The number of ketones is 1. The number of benzene rings is 2. The van der Waals surface area contributed by atoms with Gasteiger partial charge >= 0.3 is 0 Å². The zero-order valence-electron chi connectivity index (χ0n) is 17.6. The molecule has 0 aromatic heterocycles. The Kier molecular flexibility index (Phi) is 6.90. The van der Waals surface area contributed by atoms with Gasteiger partial charge in [0.2, 0.25) is 0 Å². The maximum Gasteiger partial charge on any atom is 0.295 e. The molecule has 0 radical (unpaired) electrons. The maximum atomic E-state index is 13.0. The number of aryl methyl sites for hydroxylation is 1. The molecule has 1 fully saturated rings. The number of likely N-dealkylation sites (tertiary alicyclic amines) is 1. The molecule has 1 unspecified atom stereocenters. The van der Waals surface area contributed by atoms with E-state index in [1.54, 1.807) is 31.4 Å². The number of hydrogen-bond acceptors (Lipinski definition) is 5. The number of Topliss-reactive ketones (excluding diaryl/α,β-unsaturated/α-hetero) is 1. The normalized spacial score (nSPS) is 18.1. The van der Waals surface area contributed by atoms with Gasteiger partial charge in [0, 0.05) is 25.8 Å². The van der Waals surface area contributed by atoms with Crippen molar-refractivity contribution >= 4 is 17.4 Å². The Morgan fingerprint density at radius 3 is 2.53 bits per heavy atom. The number of methoxy groups -OCH3 is 1. The molecule has 1 heterocycles. The Labute approximate surface area is 176 Å². The van der Waals surface area contributed by atoms with E-state index in [-0.39, 0.29) is 11.3 Å². The van der Waals surface area contributed by atoms with Crippen LogP contribution in [0.4, 0.5) is 0 Å². The molecule has 0 bridgehead atoms. The van der Waals surface area contributed by atoms with Gasteiger partial charge in [-0.25, -0.2) is 0 Å². The quantitative estimate of drug-likeness (QED) is 0.310. The molecule has 1 N–H and O–H groups in total. The molecule has 6 heteroatoms. The summed E-state index contributed by atoms with van der Waals surface area (Å²) < 4.78 is 10.6. The van der Waals surface area contributed by atoms with Gasteiger partial charge < -0.3 is 19.5 Å². The second-order valence-corrected chi connectivity index (χ2v) is 7.21. The molecule has 0 saturated carbocycles. The molecule has 1 saturated heterocycles. The highest BCUT2D eigenvalue weighted by Crippen LogP contribution is 2.39. The van der Waals surface area contributed by atoms with Crippen LogP contribution in [0.3, 0.4) is 0 Å². The lowest BCUT2D eigenvalue weighted by Gasteiger charge is -2.25. The largest absolute Gasteiger partial charge is 0.507 e. The molecule has 30 heavy (non-hydrogen) atoms. The molecule has 6 nitrogen and oxygen atoms in total. The molecule has 2 aromatic rings. The molecule has 0 spiro atoms. The van der Waals surface area contributed by atoms with Crippen molar-refractivity contribution < 1.29 is 24.2 Å². The van der Waals surface area contributed by atoms with Crippen LogP contribution in [-0.2, 0) is 14.3 Å². The number of hydrogen-bond donors (Lipinski definition) is 1. The summed E-state index contributed by atoms with van der Waals surface area (Å²) >= 11 is 0. The fraction of sp³-hybridized carbons (Fsp3) is 0.333. The second-order valence-electron chi connectivity index (χ2n) is 7.21. The van der Waals surface area contributed by atoms with Crippen molar-refractivity contribution in [2.75, 3.05) is 26.9 Å². The van der Waals surface area contributed by atoms with Crippen LogP contribution in [0, 0.1) is 6.92 Å². The summed E-state index contributed by atoms with van der Waals surface area (Å²) in [6, 6.07) is 13.9. The fourth-order valence-corrected chi connectivity index (χ4v) is 3.64. The molecule has 1 aliphatic rings. The minimum absolute atomic E-state index is 0.0925. The van der Waals surface area contributed by atoms with Gasteiger partial charge in [-0.3, -0.25) is 9.59 Å². The van der Waals surface area contributed by atoms with E-state index in [1.807, 2.05) is 38.1 Å². The number of rotatable bonds is 8. The Hall–Kier alpha value is -3.12. The van der Waals surface area contributed by atoms with Gasteiger partial charge in [0.05, 0.1) is 18.2 Å². The van der Waals surface area contributed by atoms with Crippen LogP contribution in [-0.4, -0.2) is 48.6 Å². The number of amides is 1. The molecular formula is C24H27NO5. The van der Waals surface area contributed by atoms with Crippen LogP contribution in [0.25, 0.3) is 5.76 Å². The number of aliphatic hydroxyl groups is 1. The van der Waals surface area contributed by atoms with Crippen molar-refractivity contribution in [3.8, 4) is 5.75 Å². The summed E-state index contributed by atoms with van der Waals surface area (Å²) in [6.07, 6.45) is 0.589. The number of carbonyl (C=O) groups is 2. The van der Waals surface area contributed by atoms with Crippen LogP contribution in [0.1, 0.15) is 36.1 Å². The highest BCUT2D eigenvalue weighted by atomic mass is 16.5. The van der Waals surface area contributed by atoms with Gasteiger partial charge in [-0.1, -0.05) is 42.0 Å². The van der Waals surface area contributed by atoms with E-state index in [1.165, 1.54) is 4.90 Å². The average Bonchev–Trinajstić information content (AvgIpc) is 2.99. The van der Waals surface area contributed by atoms with E-state index in [2.05, 4.69) is 0 Å². The summed E-state index contributed by atoms with van der Waals surface area (Å²) in [6.45, 7) is 5.15. The van der Waals surface area contributed by atoms with E-state index >= 15 is 0 Å². The van der Waals surface area contributed by atoms with Crippen molar-refractivity contribution in [1.82, 2.24) is 4.90 Å². The van der Waals surface area contributed by atoms with Gasteiger partial charge in [-0.15, -0.1) is 0 Å². The predicted molar refractivity (Wildman–Crippen MR) is 114 cm³/mol. The second kappa shape index (κ2) is 9.59. The summed E-state index contributed by atoms with van der Waals surface area (Å²) in [7, 11) is 1.59. The van der Waals surface area contributed by atoms with E-state index in [4.69, 9.17) is 9.47 Å². The van der Waals surface area contributed by atoms with Crippen LogP contribution < -0.4 is 4.74 Å². The lowest BCUT2D eigenvalue weighted by atomic mass is 9.94. The Morgan fingerprint density at radius 1 is 1.13 bits per heavy atom. The first-order valence-electron chi connectivity index (χ1n) is 10.0. The number of nitrogens with zero attached hydrogens (tertiary/aromatic N) is 1. The standard InChI is InChI=1S/C24H27NO5/c1-4-30-19-8-5-7-18(15-19)22(26)20-21(17-11-9-16(2)10-12-17)25(13-6-14-29-3)24(28)23(20)27/h5,7-12,15,21,26H,4,6,13-14H2,1-3H3. The van der Waals surface area contributed by atoms with Gasteiger partial charge in [0.15, 0.2) is 0 Å². The first-order valence-corrected chi connectivity index (χ1v) is 10.0. The minimum Gasteiger partial charge on any atom is -0.507 e. The van der Waals surface area contributed by atoms with Crippen molar-refractivity contribution in [3.05, 3.63) is 70.8 Å². The SMILES string of the molecule is CCOc1cccc(C(O)=C2C(=O)C(=O)N(CCCOC)C2c2ccc(C)cc2)c1. The smallest absolute Gasteiger partial charge is 0.295 e. The Bertz CT molecular complexity index is 948. The third kappa shape index (κ3) is 4.39. The van der Waals surface area contributed by atoms with Crippen molar-refractivity contribution in [1.29, 1.82) is 0 Å². The molecule has 1 aliphatic heterocycles. The van der Waals surface area contributed by atoms with E-state index in [0.29, 0.717) is 37.5 Å². The van der Waals surface area contributed by atoms with Crippen molar-refractivity contribution in [3.63, 3.8) is 0 Å². The highest BCUT2D eigenvalue weighted by Gasteiger charge is 2.45. The minimum atomic E-state index is -0.683. The molecular weight excluding hydrogens is 382 g/mol. The van der Waals surface area contributed by atoms with Crippen LogP contribution in [0.15, 0.2) is 54.1 Å². The van der Waals surface area contributed by atoms with E-state index < -0.39 is 17.7 Å². The monoisotopic (exact) mass is 409 g/mol. The lowest BCUT2D eigenvalue weighted by molar-refractivity contribution is -0.140. The third-order valence-electron chi connectivity index (χ3n) is 5.10. The van der Waals surface area contributed by atoms with Gasteiger partial charge in [-0.2, -0.15) is 0 Å². The molecule has 1 atom stereocenters. The molecule has 1 amide bonds. The van der Waals surface area contributed by atoms with Crippen molar-refractivity contribution in [2.45, 2.75) is 26.3 Å². The first-order chi connectivity index (χ1) is 14.5. The van der Waals surface area contributed by atoms with Gasteiger partial charge in [-0.05, 0) is 38.0 Å². The molecule has 158 valence electrons. The fourth-order valence-electron chi connectivity index (χ4n) is 3.64. The summed E-state index contributed by atoms with van der Waals surface area (Å²) in [4.78, 5) is 27.3. The summed E-state index contributed by atoms with van der Waals surface area (Å²) in [5, 5.41) is 11.1. The van der Waals surface area contributed by atoms with Crippen LogP contribution in [0.2, 0.25) is 0 Å². The van der Waals surface area contributed by atoms with Crippen LogP contribution >= 0.6 is 0 Å². The number of carbonyl (C=O) groups excluding carboxylic acids is 2. The lowest BCUT2D eigenvalue weighted by Crippen LogP contribution is -2.31. The van der Waals surface area contributed by atoms with E-state index in [9.17, 15) is 14.7 Å². The highest BCUT2D eigenvalue weighted by molar-refractivity contribution is 6.46. The predicted octanol–water partition coefficient (Wildman–Crippen LogP) is 3.85. The van der Waals surface area contributed by atoms with Gasteiger partial charge in [0.25, 0.3) is 11.7 Å². The Balaban J connectivity index is 2.10. The van der Waals surface area contributed by atoms with Crippen LogP contribution in [0.5, 0.6) is 5.75 Å². The molecule has 2 aromatic carbocycles. The third-order valence-corrected chi connectivity index (χ3v) is 5.10. The van der Waals surface area contributed by atoms with Crippen molar-refractivity contribution in [2.24, 2.45) is 0 Å². The summed E-state index contributed by atoms with van der Waals surface area (Å²) in [5.74, 6) is -0.908. The van der Waals surface area contributed by atoms with Gasteiger partial charge in [0.1, 0.15) is 11.5 Å². The van der Waals surface area contributed by atoms with E-state index in [0.717, 1.165) is 11.1 Å². The Morgan fingerprint density at radius 2 is 1.87 bits per heavy atom. The average molecular weight is 409 g/mol. The number of aliphatic hydroxyl groups excluding tert-OH is 1. The number of ether oxygens (including phenoxy) is 2. The zero-order valence-corrected chi connectivity index (χ0v) is 17.6. The zero-order chi connectivity index (χ0) is 21.7. The maximum absolute atomic E-state index is 13.0. The molecule has 3 rings (SSSR count). The summed E-state index contributed by atoms with van der Waals surface area (Å²) in [5.41, 5.74) is 2.38. The first kappa shape index (κ1) is 21.6. The molecule has 0 aliphatic carbocycles. The topological polar surface area (TPSA) is 76.1 Å².